The van der Waals surface area contributed by atoms with Crippen molar-refractivity contribution in [1.29, 1.82) is 0 Å². The van der Waals surface area contributed by atoms with E-state index in [4.69, 9.17) is 15.0 Å². The lowest BCUT2D eigenvalue weighted by molar-refractivity contribution is -0.594. The van der Waals surface area contributed by atoms with Gasteiger partial charge >= 0.3 is 0 Å². The Labute approximate surface area is 345 Å². The molecule has 1 aliphatic carbocycles. The molecule has 0 saturated heterocycles. The van der Waals surface area contributed by atoms with Crippen LogP contribution in [0.4, 0.5) is 0 Å². The number of para-hydroxylation sites is 1. The summed E-state index contributed by atoms with van der Waals surface area (Å²) in [5.41, 5.74) is 12.7. The molecule has 7 aromatic carbocycles. The Morgan fingerprint density at radius 2 is 1.14 bits per heavy atom. The molecule has 0 aliphatic heterocycles. The van der Waals surface area contributed by atoms with E-state index in [9.17, 15) is 0 Å². The fourth-order valence-electron chi connectivity index (χ4n) is 9.23. The molecule has 5 nitrogen and oxygen atoms in total. The van der Waals surface area contributed by atoms with Crippen LogP contribution in [0.5, 0.6) is 0 Å². The van der Waals surface area contributed by atoms with Crippen molar-refractivity contribution in [2.75, 3.05) is 0 Å². The van der Waals surface area contributed by atoms with Crippen molar-refractivity contribution < 1.29 is 4.57 Å². The van der Waals surface area contributed by atoms with Gasteiger partial charge in [0.05, 0.1) is 16.4 Å². The molecule has 6 heteroatoms. The van der Waals surface area contributed by atoms with Crippen molar-refractivity contribution in [3.8, 4) is 56.7 Å². The van der Waals surface area contributed by atoms with Crippen molar-refractivity contribution in [2.45, 2.75) is 19.3 Å². The molecule has 0 fully saturated rings. The molecule has 0 unspecified atom stereocenters. The number of rotatable bonds is 5. The van der Waals surface area contributed by atoms with E-state index < -0.39 is 0 Å². The summed E-state index contributed by atoms with van der Waals surface area (Å²) in [4.78, 5) is 15.4. The van der Waals surface area contributed by atoms with Crippen molar-refractivity contribution in [1.82, 2.24) is 19.5 Å². The first-order valence-electron chi connectivity index (χ1n) is 20.0. The number of nitrogens with zero attached hydrogens (tertiary/aromatic N) is 5. The number of pyridine rings is 1. The second-order valence-electron chi connectivity index (χ2n) is 15.9. The van der Waals surface area contributed by atoms with Crippen LogP contribution in [0.25, 0.3) is 98.6 Å². The molecule has 0 atom stereocenters. The van der Waals surface area contributed by atoms with Gasteiger partial charge in [-0.2, -0.15) is 4.57 Å². The second kappa shape index (κ2) is 12.9. The minimum atomic E-state index is -0.108. The summed E-state index contributed by atoms with van der Waals surface area (Å²) in [5, 5.41) is 4.81. The molecule has 0 amide bonds. The van der Waals surface area contributed by atoms with Crippen LogP contribution in [-0.2, 0) is 5.41 Å². The zero-order valence-electron chi connectivity index (χ0n) is 32.5. The largest absolute Gasteiger partial charge is 0.309 e. The van der Waals surface area contributed by atoms with Crippen LogP contribution < -0.4 is 4.57 Å². The smallest absolute Gasteiger partial charge is 0.212 e. The molecule has 0 saturated carbocycles. The highest BCUT2D eigenvalue weighted by atomic mass is 32.1. The highest BCUT2D eigenvalue weighted by Gasteiger charge is 2.36. The highest BCUT2D eigenvalue weighted by molar-refractivity contribution is 7.26. The fourth-order valence-corrected chi connectivity index (χ4v) is 10.4. The van der Waals surface area contributed by atoms with Gasteiger partial charge in [0, 0.05) is 71.6 Å². The normalized spacial score (nSPS) is 13.1. The van der Waals surface area contributed by atoms with Crippen molar-refractivity contribution in [2.24, 2.45) is 0 Å². The SMILES string of the molecule is CC1(C)c2ccccc2-c2cc3c4c[n+](-c5cc(-c6nc(-c7ccccc7)nc(-c7ccccc7)n6)c6sc7ccccc7c6c5)ccc4n(-c4ccccc4)c3cc21. The number of fused-ring (bicyclic) bond motifs is 9. The van der Waals surface area contributed by atoms with E-state index in [0.29, 0.717) is 17.5 Å². The van der Waals surface area contributed by atoms with Gasteiger partial charge in [-0.25, -0.2) is 15.0 Å². The van der Waals surface area contributed by atoms with Crippen LogP contribution >= 0.6 is 11.3 Å². The molecule has 278 valence electrons. The maximum atomic E-state index is 5.22. The average molecular weight is 775 g/mol. The van der Waals surface area contributed by atoms with Gasteiger partial charge in [0.25, 0.3) is 0 Å². The lowest BCUT2D eigenvalue weighted by atomic mass is 9.82. The third kappa shape index (κ3) is 5.23. The molecule has 4 heterocycles. The van der Waals surface area contributed by atoms with E-state index in [-0.39, 0.29) is 5.41 Å². The van der Waals surface area contributed by atoms with Crippen LogP contribution in [0, 0.1) is 0 Å². The maximum Gasteiger partial charge on any atom is 0.212 e. The Kier molecular flexibility index (Phi) is 7.38. The minimum Gasteiger partial charge on any atom is -0.309 e. The van der Waals surface area contributed by atoms with E-state index in [1.807, 2.05) is 36.4 Å². The third-order valence-corrected chi connectivity index (χ3v) is 13.3. The second-order valence-corrected chi connectivity index (χ2v) is 17.0. The van der Waals surface area contributed by atoms with Crippen LogP contribution in [0.15, 0.2) is 182 Å². The van der Waals surface area contributed by atoms with Crippen LogP contribution in [0.3, 0.4) is 0 Å². The molecule has 11 aromatic rings. The first-order chi connectivity index (χ1) is 29.0. The lowest BCUT2D eigenvalue weighted by Gasteiger charge is -2.21. The van der Waals surface area contributed by atoms with E-state index in [0.717, 1.165) is 38.3 Å². The van der Waals surface area contributed by atoms with Gasteiger partial charge in [-0.1, -0.05) is 135 Å². The van der Waals surface area contributed by atoms with Crippen molar-refractivity contribution in [3.63, 3.8) is 0 Å². The third-order valence-electron chi connectivity index (χ3n) is 12.1. The predicted octanol–water partition coefficient (Wildman–Crippen LogP) is 12.9. The molecule has 0 spiro atoms. The topological polar surface area (TPSA) is 47.5 Å². The Balaban J connectivity index is 1.13. The Morgan fingerprint density at radius 3 is 1.88 bits per heavy atom. The minimum absolute atomic E-state index is 0.108. The van der Waals surface area contributed by atoms with E-state index in [1.165, 1.54) is 54.0 Å². The lowest BCUT2D eigenvalue weighted by Crippen LogP contribution is -2.29. The molecular weight excluding hydrogens is 739 g/mol. The molecule has 1 aliphatic rings. The van der Waals surface area contributed by atoms with E-state index >= 15 is 0 Å². The quantitative estimate of drug-likeness (QED) is 0.164. The van der Waals surface area contributed by atoms with E-state index in [2.05, 4.69) is 169 Å². The summed E-state index contributed by atoms with van der Waals surface area (Å²) in [6, 6.07) is 60.4. The van der Waals surface area contributed by atoms with Crippen molar-refractivity contribution in [3.05, 3.63) is 193 Å². The van der Waals surface area contributed by atoms with Gasteiger partial charge in [-0.3, -0.25) is 0 Å². The van der Waals surface area contributed by atoms with Gasteiger partial charge < -0.3 is 4.57 Å². The van der Waals surface area contributed by atoms with Gasteiger partial charge in [-0.15, -0.1) is 11.3 Å². The summed E-state index contributed by atoms with van der Waals surface area (Å²) < 4.78 is 7.08. The van der Waals surface area contributed by atoms with Gasteiger partial charge in [-0.05, 0) is 52.6 Å². The number of thiophene rings is 1. The zero-order chi connectivity index (χ0) is 39.2. The molecule has 0 bridgehead atoms. The highest BCUT2D eigenvalue weighted by Crippen LogP contribution is 2.51. The molecular formula is C53H36N5S+. The fraction of sp³-hybridized carbons (Fsp3) is 0.0566. The predicted molar refractivity (Wildman–Crippen MR) is 242 cm³/mol. The maximum absolute atomic E-state index is 5.22. The summed E-state index contributed by atoms with van der Waals surface area (Å²) in [6.07, 6.45) is 4.51. The molecule has 12 rings (SSSR count). The summed E-state index contributed by atoms with van der Waals surface area (Å²) in [7, 11) is 0. The van der Waals surface area contributed by atoms with Crippen LogP contribution in [0.2, 0.25) is 0 Å². The van der Waals surface area contributed by atoms with Gasteiger partial charge in [0.1, 0.15) is 0 Å². The summed E-state index contributed by atoms with van der Waals surface area (Å²) in [5.74, 6) is 1.94. The molecule has 59 heavy (non-hydrogen) atoms. The number of benzene rings is 7. The van der Waals surface area contributed by atoms with Crippen molar-refractivity contribution >= 4 is 53.3 Å². The van der Waals surface area contributed by atoms with E-state index in [1.54, 1.807) is 11.3 Å². The Bertz CT molecular complexity index is 3400. The molecule has 4 aromatic heterocycles. The average Bonchev–Trinajstić information content (AvgIpc) is 3.91. The Hall–Kier alpha value is -7.28. The first-order valence-corrected chi connectivity index (χ1v) is 20.8. The van der Waals surface area contributed by atoms with Gasteiger partial charge in [0.2, 0.25) is 5.69 Å². The summed E-state index contributed by atoms with van der Waals surface area (Å²) in [6.45, 7) is 4.71. The standard InChI is InChI=1S/C53H36N5S/c1-53(2)44-24-14-12-22-37(44)39-30-40-43-32-57(27-26-46(43)58(47(40)31-45(39)53)35-20-10-5-11-21-35)36-28-41-38-23-13-15-25-48(38)59-49(41)42(29-36)52-55-50(33-16-6-3-7-17-33)54-51(56-52)34-18-8-4-9-19-34/h3-32H,1-2H3/q+1. The number of hydrogen-bond acceptors (Lipinski definition) is 4. The van der Waals surface area contributed by atoms with Gasteiger partial charge in [0.15, 0.2) is 29.9 Å². The van der Waals surface area contributed by atoms with Crippen LogP contribution in [-0.4, -0.2) is 19.5 Å². The molecule has 0 radical (unpaired) electrons. The Morgan fingerprint density at radius 1 is 0.492 bits per heavy atom. The summed E-state index contributed by atoms with van der Waals surface area (Å²) >= 11 is 1.79. The van der Waals surface area contributed by atoms with Crippen LogP contribution in [0.1, 0.15) is 25.0 Å². The molecule has 0 N–H and O–H groups in total. The first kappa shape index (κ1) is 33.8. The number of aromatic nitrogens is 5. The monoisotopic (exact) mass is 774 g/mol. The number of hydrogen-bond donors (Lipinski definition) is 0. The zero-order valence-corrected chi connectivity index (χ0v) is 33.3.